The van der Waals surface area contributed by atoms with Crippen molar-refractivity contribution in [2.45, 2.75) is 19.9 Å². The van der Waals surface area contributed by atoms with Gasteiger partial charge in [-0.2, -0.15) is 0 Å². The van der Waals surface area contributed by atoms with E-state index in [9.17, 15) is 0 Å². The van der Waals surface area contributed by atoms with E-state index in [-0.39, 0.29) is 6.04 Å². The molecule has 0 aliphatic heterocycles. The van der Waals surface area contributed by atoms with Crippen LogP contribution in [0.15, 0.2) is 18.2 Å². The van der Waals surface area contributed by atoms with Crippen LogP contribution in [0.1, 0.15) is 13.8 Å². The summed E-state index contributed by atoms with van der Waals surface area (Å²) in [5.41, 5.74) is 0.891. The summed E-state index contributed by atoms with van der Waals surface area (Å²) >= 11 is 11.9. The van der Waals surface area contributed by atoms with Crippen molar-refractivity contribution in [1.82, 2.24) is 0 Å². The van der Waals surface area contributed by atoms with E-state index in [0.717, 1.165) is 5.69 Å². The van der Waals surface area contributed by atoms with Crippen LogP contribution < -0.4 is 5.32 Å². The lowest BCUT2D eigenvalue weighted by Gasteiger charge is -2.23. The molecule has 1 aromatic rings. The number of hydrogen-bond donors (Lipinski definition) is 1. The molecule has 1 aromatic carbocycles. The molecule has 0 aliphatic carbocycles. The molecule has 0 spiro atoms. The van der Waals surface area contributed by atoms with Crippen LogP contribution in [-0.4, -0.2) is 19.8 Å². The fourth-order valence-corrected chi connectivity index (χ4v) is 1.85. The molecule has 1 N–H and O–H groups in total. The van der Waals surface area contributed by atoms with Crippen LogP contribution >= 0.6 is 23.2 Å². The van der Waals surface area contributed by atoms with Gasteiger partial charge in [0.25, 0.3) is 0 Å². The minimum Gasteiger partial charge on any atom is -0.383 e. The Bertz CT molecular complexity index is 342. The molecule has 0 radical (unpaired) electrons. The lowest BCUT2D eigenvalue weighted by atomic mass is 10.1. The average Bonchev–Trinajstić information content (AvgIpc) is 2.20. The molecule has 1 atom stereocenters. The maximum atomic E-state index is 6.09. The standard InChI is InChI=1S/C12H17Cl2NO/c1-8(2)12(7-16-3)15-11-5-4-9(13)6-10(11)14/h4-6,8,12,15H,7H2,1-3H3. The minimum atomic E-state index is 0.240. The normalized spacial score (nSPS) is 12.9. The van der Waals surface area contributed by atoms with Crippen molar-refractivity contribution in [2.24, 2.45) is 5.92 Å². The third-order valence-corrected chi connectivity index (χ3v) is 2.97. The van der Waals surface area contributed by atoms with Gasteiger partial charge in [0.2, 0.25) is 0 Å². The minimum absolute atomic E-state index is 0.240. The quantitative estimate of drug-likeness (QED) is 0.863. The zero-order valence-corrected chi connectivity index (χ0v) is 11.3. The highest BCUT2D eigenvalue weighted by molar-refractivity contribution is 6.36. The number of rotatable bonds is 5. The summed E-state index contributed by atoms with van der Waals surface area (Å²) in [6.45, 7) is 4.93. The van der Waals surface area contributed by atoms with Crippen LogP contribution in [0.2, 0.25) is 10.0 Å². The molecule has 0 amide bonds. The summed E-state index contributed by atoms with van der Waals surface area (Å²) in [6, 6.07) is 5.68. The Morgan fingerprint density at radius 3 is 2.50 bits per heavy atom. The number of ether oxygens (including phenoxy) is 1. The molecular weight excluding hydrogens is 245 g/mol. The highest BCUT2D eigenvalue weighted by Crippen LogP contribution is 2.26. The molecule has 16 heavy (non-hydrogen) atoms. The summed E-state index contributed by atoms with van der Waals surface area (Å²) in [5, 5.41) is 4.63. The molecule has 0 heterocycles. The maximum absolute atomic E-state index is 6.09. The van der Waals surface area contributed by atoms with E-state index in [2.05, 4.69) is 19.2 Å². The molecule has 0 saturated carbocycles. The number of benzene rings is 1. The van der Waals surface area contributed by atoms with E-state index in [1.165, 1.54) is 0 Å². The van der Waals surface area contributed by atoms with Crippen LogP contribution in [0.5, 0.6) is 0 Å². The molecule has 0 aliphatic rings. The third-order valence-electron chi connectivity index (χ3n) is 2.42. The second-order valence-corrected chi connectivity index (χ2v) is 4.92. The number of nitrogens with one attached hydrogen (secondary N) is 1. The third kappa shape index (κ3) is 3.85. The topological polar surface area (TPSA) is 21.3 Å². The van der Waals surface area contributed by atoms with Gasteiger partial charge >= 0.3 is 0 Å². The Morgan fingerprint density at radius 1 is 1.31 bits per heavy atom. The van der Waals surface area contributed by atoms with Gasteiger partial charge in [-0.05, 0) is 24.1 Å². The summed E-state index contributed by atoms with van der Waals surface area (Å²) < 4.78 is 5.17. The summed E-state index contributed by atoms with van der Waals surface area (Å²) in [5.74, 6) is 0.465. The molecule has 0 saturated heterocycles. The van der Waals surface area contributed by atoms with Crippen molar-refractivity contribution in [2.75, 3.05) is 19.0 Å². The first kappa shape index (κ1) is 13.6. The van der Waals surface area contributed by atoms with E-state index < -0.39 is 0 Å². The van der Waals surface area contributed by atoms with Crippen molar-refractivity contribution in [3.05, 3.63) is 28.2 Å². The van der Waals surface area contributed by atoms with Gasteiger partial charge in [-0.1, -0.05) is 37.0 Å². The molecule has 0 aromatic heterocycles. The molecule has 0 fully saturated rings. The van der Waals surface area contributed by atoms with Crippen LogP contribution in [0.25, 0.3) is 0 Å². The number of halogens is 2. The first-order valence-corrected chi connectivity index (χ1v) is 6.00. The highest BCUT2D eigenvalue weighted by Gasteiger charge is 2.14. The SMILES string of the molecule is COCC(Nc1ccc(Cl)cc1Cl)C(C)C. The molecule has 1 unspecified atom stereocenters. The number of anilines is 1. The fourth-order valence-electron chi connectivity index (χ4n) is 1.39. The summed E-state index contributed by atoms with van der Waals surface area (Å²) in [6.07, 6.45) is 0. The first-order valence-electron chi connectivity index (χ1n) is 5.25. The summed E-state index contributed by atoms with van der Waals surface area (Å²) in [4.78, 5) is 0. The molecule has 1 rings (SSSR count). The Hall–Kier alpha value is -0.440. The van der Waals surface area contributed by atoms with Crippen molar-refractivity contribution >= 4 is 28.9 Å². The smallest absolute Gasteiger partial charge is 0.0666 e. The number of hydrogen-bond acceptors (Lipinski definition) is 2. The second-order valence-electron chi connectivity index (χ2n) is 4.07. The van der Waals surface area contributed by atoms with Gasteiger partial charge < -0.3 is 10.1 Å². The molecular formula is C12H17Cl2NO. The molecule has 4 heteroatoms. The van der Waals surface area contributed by atoms with Crippen LogP contribution in [0.3, 0.4) is 0 Å². The van der Waals surface area contributed by atoms with E-state index in [4.69, 9.17) is 27.9 Å². The highest BCUT2D eigenvalue weighted by atomic mass is 35.5. The molecule has 2 nitrogen and oxygen atoms in total. The van der Waals surface area contributed by atoms with E-state index in [1.54, 1.807) is 13.2 Å². The van der Waals surface area contributed by atoms with Crippen molar-refractivity contribution in [1.29, 1.82) is 0 Å². The van der Waals surface area contributed by atoms with Crippen LogP contribution in [0.4, 0.5) is 5.69 Å². The first-order chi connectivity index (χ1) is 7.54. The van der Waals surface area contributed by atoms with E-state index in [1.807, 2.05) is 12.1 Å². The maximum Gasteiger partial charge on any atom is 0.0666 e. The number of methoxy groups -OCH3 is 1. The Kier molecular flexibility index (Phi) is 5.39. The van der Waals surface area contributed by atoms with Crippen LogP contribution in [-0.2, 0) is 4.74 Å². The largest absolute Gasteiger partial charge is 0.383 e. The van der Waals surface area contributed by atoms with E-state index in [0.29, 0.717) is 22.6 Å². The predicted octanol–water partition coefficient (Wildman–Crippen LogP) is 4.08. The van der Waals surface area contributed by atoms with Gasteiger partial charge in [-0.15, -0.1) is 0 Å². The zero-order valence-electron chi connectivity index (χ0n) is 9.76. The van der Waals surface area contributed by atoms with E-state index >= 15 is 0 Å². The lowest BCUT2D eigenvalue weighted by molar-refractivity contribution is 0.171. The predicted molar refractivity (Wildman–Crippen MR) is 70.6 cm³/mol. The van der Waals surface area contributed by atoms with Gasteiger partial charge in [0.1, 0.15) is 0 Å². The van der Waals surface area contributed by atoms with Gasteiger partial charge in [0, 0.05) is 12.1 Å². The second kappa shape index (κ2) is 6.33. The fraction of sp³-hybridized carbons (Fsp3) is 0.500. The molecule has 0 bridgehead atoms. The monoisotopic (exact) mass is 261 g/mol. The Labute approximate surface area is 107 Å². The van der Waals surface area contributed by atoms with Gasteiger partial charge in [0.15, 0.2) is 0 Å². The summed E-state index contributed by atoms with van der Waals surface area (Å²) in [7, 11) is 1.69. The van der Waals surface area contributed by atoms with Crippen LogP contribution in [0, 0.1) is 5.92 Å². The zero-order chi connectivity index (χ0) is 12.1. The molecule has 90 valence electrons. The van der Waals surface area contributed by atoms with Crippen molar-refractivity contribution in [3.8, 4) is 0 Å². The van der Waals surface area contributed by atoms with Crippen molar-refractivity contribution < 1.29 is 4.74 Å². The Balaban J connectivity index is 2.77. The van der Waals surface area contributed by atoms with Gasteiger partial charge in [-0.25, -0.2) is 0 Å². The Morgan fingerprint density at radius 2 is 2.00 bits per heavy atom. The average molecular weight is 262 g/mol. The lowest BCUT2D eigenvalue weighted by Crippen LogP contribution is -2.30. The van der Waals surface area contributed by atoms with Gasteiger partial charge in [0.05, 0.1) is 23.4 Å². The van der Waals surface area contributed by atoms with Crippen molar-refractivity contribution in [3.63, 3.8) is 0 Å². The van der Waals surface area contributed by atoms with Gasteiger partial charge in [-0.3, -0.25) is 0 Å².